The van der Waals surface area contributed by atoms with E-state index in [1.807, 2.05) is 0 Å². The van der Waals surface area contributed by atoms with E-state index in [1.165, 1.54) is 136 Å². The lowest BCUT2D eigenvalue weighted by atomic mass is 9.92. The third-order valence-corrected chi connectivity index (χ3v) is 12.2. The number of unbranched alkanes of at least 4 members (excludes halogenated alkanes) is 12. The van der Waals surface area contributed by atoms with Gasteiger partial charge in [-0.05, 0) is 146 Å². The molecule has 0 spiro atoms. The SMILES string of the molecule is CCCCCCc1cc(CCCCCC)cc(C2=C3C=CC(=N3)C=C3C=CC(=N3)C(c3cc(CCCCCC)cc(CCCCCC)c3)=C3C=CC(=N3)C=C3C=CC2=N3)c1. The summed E-state index contributed by atoms with van der Waals surface area (Å²) in [7, 11) is 0. The maximum atomic E-state index is 5.29. The second-order valence-corrected chi connectivity index (χ2v) is 17.4. The lowest BCUT2D eigenvalue weighted by Crippen LogP contribution is -2.03. The number of hydrogen-bond acceptors (Lipinski definition) is 4. The first kappa shape index (κ1) is 43.1. The van der Waals surface area contributed by atoms with Crippen molar-refractivity contribution in [1.82, 2.24) is 0 Å². The van der Waals surface area contributed by atoms with E-state index in [2.05, 4.69) is 125 Å². The standard InChI is InChI=1S/C56H68N4/c1-5-9-13-17-21-41-33-42(22-18-14-10-6-2)36-45(35-41)55-51-29-25-47(57-51)39-49-27-31-53(59-49)56(54-32-28-50(60-54)40-48-26-30-52(55)58-48)46-37-43(23-19-15-11-7-3)34-44(38-46)24-20-16-12-8-4/h25-40H,5-24H2,1-4H3. The van der Waals surface area contributed by atoms with Crippen LogP contribution < -0.4 is 0 Å². The molecule has 2 aromatic rings. The highest BCUT2D eigenvalue weighted by Gasteiger charge is 2.23. The fourth-order valence-electron chi connectivity index (χ4n) is 8.96. The second kappa shape index (κ2) is 22.0. The Morgan fingerprint density at radius 3 is 1.02 bits per heavy atom. The normalized spacial score (nSPS) is 16.5. The molecule has 0 saturated carbocycles. The Labute approximate surface area is 362 Å². The molecule has 60 heavy (non-hydrogen) atoms. The van der Waals surface area contributed by atoms with Crippen molar-refractivity contribution in [3.63, 3.8) is 0 Å². The lowest BCUT2D eigenvalue weighted by Gasteiger charge is -2.14. The molecule has 2 aromatic carbocycles. The molecule has 0 aromatic heterocycles. The molecule has 312 valence electrons. The van der Waals surface area contributed by atoms with Gasteiger partial charge in [0.1, 0.15) is 0 Å². The van der Waals surface area contributed by atoms with E-state index in [0.29, 0.717) is 0 Å². The van der Waals surface area contributed by atoms with Crippen molar-refractivity contribution in [2.24, 2.45) is 20.0 Å². The minimum Gasteiger partial charge on any atom is -0.248 e. The minimum absolute atomic E-state index is 0.909. The van der Waals surface area contributed by atoms with E-state index in [-0.39, 0.29) is 0 Å². The van der Waals surface area contributed by atoms with Gasteiger partial charge in [0.15, 0.2) is 0 Å². The third kappa shape index (κ3) is 11.6. The van der Waals surface area contributed by atoms with Crippen LogP contribution in [0.25, 0.3) is 11.1 Å². The maximum Gasteiger partial charge on any atom is 0.0737 e. The summed E-state index contributed by atoms with van der Waals surface area (Å²) in [4.78, 5) is 21.2. The van der Waals surface area contributed by atoms with Crippen molar-refractivity contribution < 1.29 is 0 Å². The minimum atomic E-state index is 0.909. The van der Waals surface area contributed by atoms with E-state index in [0.717, 1.165) is 82.5 Å². The van der Waals surface area contributed by atoms with E-state index >= 15 is 0 Å². The van der Waals surface area contributed by atoms with Crippen molar-refractivity contribution in [1.29, 1.82) is 0 Å². The van der Waals surface area contributed by atoms with Gasteiger partial charge in [-0.15, -0.1) is 0 Å². The number of hydrogen-bond donors (Lipinski definition) is 0. The molecule has 0 N–H and O–H groups in total. The summed E-state index contributed by atoms with van der Waals surface area (Å²) in [6, 6.07) is 14.6. The van der Waals surface area contributed by atoms with Crippen molar-refractivity contribution >= 4 is 34.0 Å². The van der Waals surface area contributed by atoms with Crippen LogP contribution in [0.1, 0.15) is 164 Å². The number of fused-ring (bicyclic) bond motifs is 4. The number of aryl methyl sites for hydroxylation is 4. The van der Waals surface area contributed by atoms with Gasteiger partial charge < -0.3 is 0 Å². The summed E-state index contributed by atoms with van der Waals surface area (Å²) in [5.41, 5.74) is 17.7. The summed E-state index contributed by atoms with van der Waals surface area (Å²) in [6.45, 7) is 9.15. The maximum absolute atomic E-state index is 5.29. The molecule has 0 atom stereocenters. The molecule has 0 unspecified atom stereocenters. The lowest BCUT2D eigenvalue weighted by molar-refractivity contribution is 0.661. The highest BCUT2D eigenvalue weighted by molar-refractivity contribution is 6.34. The molecular formula is C56H68N4. The molecular weight excluding hydrogens is 729 g/mol. The summed E-state index contributed by atoms with van der Waals surface area (Å²) in [5.74, 6) is 0. The molecule has 0 radical (unpaired) electrons. The second-order valence-electron chi connectivity index (χ2n) is 17.4. The van der Waals surface area contributed by atoms with Crippen LogP contribution in [-0.2, 0) is 25.7 Å². The summed E-state index contributed by atoms with van der Waals surface area (Å²) in [5, 5.41) is 0. The zero-order valence-corrected chi connectivity index (χ0v) is 37.2. The van der Waals surface area contributed by atoms with E-state index < -0.39 is 0 Å². The van der Waals surface area contributed by atoms with Gasteiger partial charge in [-0.3, -0.25) is 0 Å². The Balaban J connectivity index is 1.29. The Bertz CT molecular complexity index is 2030. The summed E-state index contributed by atoms with van der Waals surface area (Å²) in [6.07, 6.45) is 46.0. The van der Waals surface area contributed by atoms with Gasteiger partial charge in [0, 0.05) is 11.1 Å². The summed E-state index contributed by atoms with van der Waals surface area (Å²) >= 11 is 0. The van der Waals surface area contributed by atoms with Gasteiger partial charge >= 0.3 is 0 Å². The monoisotopic (exact) mass is 797 g/mol. The van der Waals surface area contributed by atoms with Crippen LogP contribution in [0.4, 0.5) is 0 Å². The zero-order chi connectivity index (χ0) is 41.5. The molecule has 0 fully saturated rings. The van der Waals surface area contributed by atoms with Crippen molar-refractivity contribution in [3.05, 3.63) is 153 Å². The topological polar surface area (TPSA) is 49.4 Å². The number of aliphatic imine (C=N–C) groups is 4. The quantitative estimate of drug-likeness (QED) is 0.107. The van der Waals surface area contributed by atoms with Gasteiger partial charge in [-0.1, -0.05) is 141 Å². The Morgan fingerprint density at radius 1 is 0.333 bits per heavy atom. The van der Waals surface area contributed by atoms with Gasteiger partial charge in [0.05, 0.1) is 45.6 Å². The Hall–Kier alpha value is -4.96. The first-order valence-corrected chi connectivity index (χ1v) is 23.8. The third-order valence-electron chi connectivity index (χ3n) is 12.2. The number of benzene rings is 2. The molecule has 8 bridgehead atoms. The summed E-state index contributed by atoms with van der Waals surface area (Å²) < 4.78 is 0. The smallest absolute Gasteiger partial charge is 0.0737 e. The fraction of sp³-hybridized carbons (Fsp3) is 0.429. The molecule has 7 rings (SSSR count). The molecule has 0 amide bonds. The van der Waals surface area contributed by atoms with Crippen LogP contribution in [0.5, 0.6) is 0 Å². The average molecular weight is 797 g/mol. The number of allylic oxidation sites excluding steroid dienone is 12. The van der Waals surface area contributed by atoms with Crippen LogP contribution >= 0.6 is 0 Å². The molecule has 0 aliphatic carbocycles. The first-order valence-electron chi connectivity index (χ1n) is 23.8. The largest absolute Gasteiger partial charge is 0.248 e. The zero-order valence-electron chi connectivity index (χ0n) is 37.2. The highest BCUT2D eigenvalue weighted by atomic mass is 14.9. The first-order chi connectivity index (χ1) is 29.5. The highest BCUT2D eigenvalue weighted by Crippen LogP contribution is 2.35. The van der Waals surface area contributed by atoms with E-state index in [4.69, 9.17) is 20.0 Å². The molecule has 4 heteroatoms. The van der Waals surface area contributed by atoms with E-state index in [9.17, 15) is 0 Å². The predicted molar refractivity (Wildman–Crippen MR) is 261 cm³/mol. The Kier molecular flexibility index (Phi) is 15.9. The van der Waals surface area contributed by atoms with Crippen LogP contribution in [0.2, 0.25) is 0 Å². The van der Waals surface area contributed by atoms with Crippen molar-refractivity contribution in [2.75, 3.05) is 0 Å². The van der Waals surface area contributed by atoms with Crippen LogP contribution in [0.15, 0.2) is 140 Å². The van der Waals surface area contributed by atoms with Crippen molar-refractivity contribution in [3.8, 4) is 0 Å². The Morgan fingerprint density at radius 2 is 0.683 bits per heavy atom. The van der Waals surface area contributed by atoms with Crippen molar-refractivity contribution in [2.45, 2.75) is 156 Å². The van der Waals surface area contributed by atoms with Gasteiger partial charge in [-0.2, -0.15) is 0 Å². The van der Waals surface area contributed by atoms with Gasteiger partial charge in [-0.25, -0.2) is 20.0 Å². The average Bonchev–Trinajstić information content (AvgIpc) is 4.09. The number of nitrogens with zero attached hydrogens (tertiary/aromatic N) is 4. The van der Waals surface area contributed by atoms with Crippen LogP contribution in [0.3, 0.4) is 0 Å². The van der Waals surface area contributed by atoms with Gasteiger partial charge in [0.2, 0.25) is 0 Å². The van der Waals surface area contributed by atoms with Crippen LogP contribution in [-0.4, -0.2) is 22.8 Å². The fourth-order valence-corrected chi connectivity index (χ4v) is 8.96. The van der Waals surface area contributed by atoms with E-state index in [1.54, 1.807) is 0 Å². The predicted octanol–water partition coefficient (Wildman–Crippen LogP) is 15.1. The van der Waals surface area contributed by atoms with Gasteiger partial charge in [0.25, 0.3) is 0 Å². The molecule has 5 aliphatic heterocycles. The molecule has 4 nitrogen and oxygen atoms in total. The molecule has 5 aliphatic rings. The molecule has 0 saturated heterocycles. The van der Waals surface area contributed by atoms with Crippen LogP contribution in [0, 0.1) is 0 Å². The number of rotatable bonds is 22. The molecule has 5 heterocycles.